The molecule has 1 aromatic rings. The second kappa shape index (κ2) is 5.32. The number of hydrogen-bond donors (Lipinski definition) is 1. The van der Waals surface area contributed by atoms with Crippen LogP contribution >= 0.6 is 12.2 Å². The maximum Gasteiger partial charge on any atom is 0.433 e. The summed E-state index contributed by atoms with van der Waals surface area (Å²) in [5.41, 5.74) is 5.06. The first kappa shape index (κ1) is 14.0. The first-order chi connectivity index (χ1) is 8.89. The first-order valence-electron chi connectivity index (χ1n) is 6.02. The molecule has 1 aromatic heterocycles. The Morgan fingerprint density at radius 2 is 1.84 bits per heavy atom. The number of aromatic nitrogens is 1. The predicted molar refractivity (Wildman–Crippen MR) is 71.2 cm³/mol. The predicted octanol–water partition coefficient (Wildman–Crippen LogP) is 2.72. The van der Waals surface area contributed by atoms with Gasteiger partial charge in [0.05, 0.1) is 5.56 Å². The number of hydrogen-bond acceptors (Lipinski definition) is 3. The second-order valence-electron chi connectivity index (χ2n) is 4.48. The van der Waals surface area contributed by atoms with Crippen molar-refractivity contribution >= 4 is 23.0 Å². The lowest BCUT2D eigenvalue weighted by Crippen LogP contribution is -2.33. The fourth-order valence-electron chi connectivity index (χ4n) is 2.15. The summed E-state index contributed by atoms with van der Waals surface area (Å²) in [5.74, 6) is 0.252. The number of rotatable bonds is 2. The summed E-state index contributed by atoms with van der Waals surface area (Å²) in [4.78, 5) is 5.62. The van der Waals surface area contributed by atoms with E-state index in [1.54, 1.807) is 0 Å². The van der Waals surface area contributed by atoms with Crippen LogP contribution in [0, 0.1) is 0 Å². The molecule has 0 amide bonds. The summed E-state index contributed by atoms with van der Waals surface area (Å²) in [7, 11) is 0. The van der Waals surface area contributed by atoms with Crippen molar-refractivity contribution in [2.45, 2.75) is 25.4 Å². The average Bonchev–Trinajstić information content (AvgIpc) is 2.38. The molecule has 1 saturated heterocycles. The quantitative estimate of drug-likeness (QED) is 0.850. The highest BCUT2D eigenvalue weighted by atomic mass is 32.1. The van der Waals surface area contributed by atoms with Crippen LogP contribution in [0.2, 0.25) is 0 Å². The third-order valence-corrected chi connectivity index (χ3v) is 3.31. The van der Waals surface area contributed by atoms with Gasteiger partial charge >= 0.3 is 6.18 Å². The standard InChI is InChI=1S/C12H14F3N3S/c13-12(14,15)9-5-4-8(10(16)19)11(17-9)18-6-2-1-3-7-18/h4-5H,1-3,6-7H2,(H2,16,19). The zero-order valence-corrected chi connectivity index (χ0v) is 11.0. The Morgan fingerprint density at radius 3 is 2.37 bits per heavy atom. The highest BCUT2D eigenvalue weighted by Gasteiger charge is 2.34. The van der Waals surface area contributed by atoms with Crippen LogP contribution in [0.3, 0.4) is 0 Å². The van der Waals surface area contributed by atoms with Crippen molar-refractivity contribution in [3.05, 3.63) is 23.4 Å². The highest BCUT2D eigenvalue weighted by Crippen LogP contribution is 2.31. The van der Waals surface area contributed by atoms with E-state index >= 15 is 0 Å². The molecule has 0 radical (unpaired) electrons. The molecule has 104 valence electrons. The molecule has 2 heterocycles. The van der Waals surface area contributed by atoms with Gasteiger partial charge < -0.3 is 10.6 Å². The Morgan fingerprint density at radius 1 is 1.21 bits per heavy atom. The molecule has 1 aliphatic heterocycles. The van der Waals surface area contributed by atoms with Crippen LogP contribution in [0.4, 0.5) is 19.0 Å². The van der Waals surface area contributed by atoms with E-state index in [1.165, 1.54) is 6.07 Å². The Labute approximate surface area is 114 Å². The smallest absolute Gasteiger partial charge is 0.389 e. The van der Waals surface area contributed by atoms with E-state index in [9.17, 15) is 13.2 Å². The normalized spacial score (nSPS) is 16.5. The van der Waals surface area contributed by atoms with Crippen molar-refractivity contribution in [2.24, 2.45) is 5.73 Å². The Balaban J connectivity index is 2.44. The number of pyridine rings is 1. The number of anilines is 1. The molecule has 2 rings (SSSR count). The van der Waals surface area contributed by atoms with E-state index in [1.807, 2.05) is 4.90 Å². The fourth-order valence-corrected chi connectivity index (χ4v) is 2.30. The molecule has 1 aliphatic rings. The zero-order valence-electron chi connectivity index (χ0n) is 10.2. The number of piperidine rings is 1. The first-order valence-corrected chi connectivity index (χ1v) is 6.43. The lowest BCUT2D eigenvalue weighted by Gasteiger charge is -2.29. The van der Waals surface area contributed by atoms with E-state index in [0.29, 0.717) is 18.7 Å². The molecule has 0 bridgehead atoms. The fraction of sp³-hybridized carbons (Fsp3) is 0.500. The molecule has 2 N–H and O–H groups in total. The van der Waals surface area contributed by atoms with Gasteiger partial charge in [-0.25, -0.2) is 4.98 Å². The number of nitrogens with zero attached hydrogens (tertiary/aromatic N) is 2. The Hall–Kier alpha value is -1.37. The van der Waals surface area contributed by atoms with Gasteiger partial charge in [0.1, 0.15) is 16.5 Å². The van der Waals surface area contributed by atoms with Crippen molar-refractivity contribution in [1.29, 1.82) is 0 Å². The molecule has 1 fully saturated rings. The van der Waals surface area contributed by atoms with Crippen LogP contribution in [-0.2, 0) is 6.18 Å². The summed E-state index contributed by atoms with van der Waals surface area (Å²) in [6, 6.07) is 2.23. The van der Waals surface area contributed by atoms with E-state index in [-0.39, 0.29) is 10.8 Å². The summed E-state index contributed by atoms with van der Waals surface area (Å²) in [5, 5.41) is 0. The van der Waals surface area contributed by atoms with Crippen molar-refractivity contribution < 1.29 is 13.2 Å². The van der Waals surface area contributed by atoms with Gasteiger partial charge in [0.2, 0.25) is 0 Å². The lowest BCUT2D eigenvalue weighted by atomic mass is 10.1. The number of halogens is 3. The summed E-state index contributed by atoms with van der Waals surface area (Å²) < 4.78 is 38.2. The van der Waals surface area contributed by atoms with Crippen LogP contribution in [0.15, 0.2) is 12.1 Å². The molecule has 0 aliphatic carbocycles. The number of thiocarbonyl (C=S) groups is 1. The highest BCUT2D eigenvalue weighted by molar-refractivity contribution is 7.80. The molecule has 19 heavy (non-hydrogen) atoms. The van der Waals surface area contributed by atoms with Gasteiger partial charge in [-0.1, -0.05) is 12.2 Å². The van der Waals surface area contributed by atoms with Crippen molar-refractivity contribution in [2.75, 3.05) is 18.0 Å². The van der Waals surface area contributed by atoms with Gasteiger partial charge in [-0.15, -0.1) is 0 Å². The van der Waals surface area contributed by atoms with Crippen LogP contribution < -0.4 is 10.6 Å². The maximum absolute atomic E-state index is 12.7. The molecule has 7 heteroatoms. The van der Waals surface area contributed by atoms with Gasteiger partial charge in [0, 0.05) is 13.1 Å². The number of alkyl halides is 3. The van der Waals surface area contributed by atoms with Crippen LogP contribution in [0.1, 0.15) is 30.5 Å². The van der Waals surface area contributed by atoms with Crippen molar-refractivity contribution in [3.8, 4) is 0 Å². The minimum atomic E-state index is -4.46. The molecule has 0 atom stereocenters. The van der Waals surface area contributed by atoms with Crippen LogP contribution in [0.5, 0.6) is 0 Å². The largest absolute Gasteiger partial charge is 0.433 e. The van der Waals surface area contributed by atoms with Gasteiger partial charge in [0.15, 0.2) is 0 Å². The van der Waals surface area contributed by atoms with Gasteiger partial charge in [-0.3, -0.25) is 0 Å². The number of nitrogens with two attached hydrogens (primary N) is 1. The second-order valence-corrected chi connectivity index (χ2v) is 4.92. The lowest BCUT2D eigenvalue weighted by molar-refractivity contribution is -0.141. The van der Waals surface area contributed by atoms with Crippen LogP contribution in [-0.4, -0.2) is 23.1 Å². The molecule has 0 unspecified atom stereocenters. The van der Waals surface area contributed by atoms with Gasteiger partial charge in [0.25, 0.3) is 0 Å². The maximum atomic E-state index is 12.7. The van der Waals surface area contributed by atoms with E-state index < -0.39 is 11.9 Å². The molecular formula is C12H14F3N3S. The Bertz CT molecular complexity index is 482. The molecule has 0 spiro atoms. The minimum absolute atomic E-state index is 0.0711. The topological polar surface area (TPSA) is 42.1 Å². The van der Waals surface area contributed by atoms with Crippen molar-refractivity contribution in [3.63, 3.8) is 0 Å². The average molecular weight is 289 g/mol. The van der Waals surface area contributed by atoms with Crippen molar-refractivity contribution in [1.82, 2.24) is 4.98 Å². The summed E-state index contributed by atoms with van der Waals surface area (Å²) in [6.45, 7) is 1.37. The monoisotopic (exact) mass is 289 g/mol. The third-order valence-electron chi connectivity index (χ3n) is 3.09. The van der Waals surface area contributed by atoms with E-state index in [4.69, 9.17) is 18.0 Å². The molecular weight excluding hydrogens is 275 g/mol. The SMILES string of the molecule is NC(=S)c1ccc(C(F)(F)F)nc1N1CCCCC1. The Kier molecular flexibility index (Phi) is 3.93. The summed E-state index contributed by atoms with van der Waals surface area (Å²) in [6.07, 6.45) is -1.50. The van der Waals surface area contributed by atoms with Gasteiger partial charge in [-0.05, 0) is 31.4 Å². The van der Waals surface area contributed by atoms with E-state index in [2.05, 4.69) is 4.98 Å². The van der Waals surface area contributed by atoms with Gasteiger partial charge in [-0.2, -0.15) is 13.2 Å². The summed E-state index contributed by atoms with van der Waals surface area (Å²) >= 11 is 4.89. The van der Waals surface area contributed by atoms with Crippen LogP contribution in [0.25, 0.3) is 0 Å². The third kappa shape index (κ3) is 3.15. The molecule has 0 saturated carbocycles. The van der Waals surface area contributed by atoms with E-state index in [0.717, 1.165) is 25.3 Å². The molecule has 0 aromatic carbocycles. The minimum Gasteiger partial charge on any atom is -0.389 e. The zero-order chi connectivity index (χ0) is 14.0. The molecule has 3 nitrogen and oxygen atoms in total.